The maximum Gasteiger partial charge on any atom is 0.137 e. The zero-order valence-corrected chi connectivity index (χ0v) is 10.0. The van der Waals surface area contributed by atoms with Crippen LogP contribution in [0.25, 0.3) is 0 Å². The molecule has 0 aromatic heterocycles. The third kappa shape index (κ3) is 2.17. The van der Waals surface area contributed by atoms with Crippen molar-refractivity contribution in [3.8, 4) is 5.75 Å². The number of piperidine rings is 1. The molecule has 0 unspecified atom stereocenters. The standard InChI is InChI=1S/C12H16ClNO2/c1-16-11-3-2-9(8-10(11)13)12(15)4-6-14-7-5-12/h2-3,8,14-15H,4-7H2,1H3. The minimum atomic E-state index is -0.749. The average Bonchev–Trinajstić information content (AvgIpc) is 2.30. The molecule has 0 spiro atoms. The summed E-state index contributed by atoms with van der Waals surface area (Å²) in [6.45, 7) is 1.67. The Bertz CT molecular complexity index is 375. The maximum atomic E-state index is 10.5. The van der Waals surface area contributed by atoms with Crippen molar-refractivity contribution in [2.75, 3.05) is 20.2 Å². The Hall–Kier alpha value is -0.770. The summed E-state index contributed by atoms with van der Waals surface area (Å²) >= 11 is 6.06. The van der Waals surface area contributed by atoms with E-state index in [1.54, 1.807) is 19.2 Å². The zero-order valence-electron chi connectivity index (χ0n) is 9.29. The summed E-state index contributed by atoms with van der Waals surface area (Å²) in [6, 6.07) is 5.49. The molecule has 1 saturated heterocycles. The lowest BCUT2D eigenvalue weighted by atomic mass is 9.85. The molecule has 3 nitrogen and oxygen atoms in total. The van der Waals surface area contributed by atoms with Crippen molar-refractivity contribution >= 4 is 11.6 Å². The summed E-state index contributed by atoms with van der Waals surface area (Å²) < 4.78 is 5.09. The third-order valence-electron chi connectivity index (χ3n) is 3.12. The number of aliphatic hydroxyl groups is 1. The van der Waals surface area contributed by atoms with E-state index in [9.17, 15) is 5.11 Å². The van der Waals surface area contributed by atoms with Crippen molar-refractivity contribution in [3.05, 3.63) is 28.8 Å². The Morgan fingerprint density at radius 1 is 1.38 bits per heavy atom. The molecule has 1 aliphatic rings. The van der Waals surface area contributed by atoms with Crippen molar-refractivity contribution in [2.24, 2.45) is 0 Å². The summed E-state index contributed by atoms with van der Waals surface area (Å²) in [4.78, 5) is 0. The molecule has 88 valence electrons. The van der Waals surface area contributed by atoms with Crippen molar-refractivity contribution in [3.63, 3.8) is 0 Å². The van der Waals surface area contributed by atoms with E-state index >= 15 is 0 Å². The fourth-order valence-electron chi connectivity index (χ4n) is 2.08. The molecule has 0 bridgehead atoms. The van der Waals surface area contributed by atoms with Gasteiger partial charge in [-0.1, -0.05) is 17.7 Å². The molecular weight excluding hydrogens is 226 g/mol. The van der Waals surface area contributed by atoms with E-state index < -0.39 is 5.60 Å². The van der Waals surface area contributed by atoms with Crippen LogP contribution in [0.2, 0.25) is 5.02 Å². The second-order valence-electron chi connectivity index (χ2n) is 4.13. The van der Waals surface area contributed by atoms with Crippen LogP contribution in [0.5, 0.6) is 5.75 Å². The van der Waals surface area contributed by atoms with Gasteiger partial charge in [0.15, 0.2) is 0 Å². The molecule has 0 saturated carbocycles. The second kappa shape index (κ2) is 4.62. The number of rotatable bonds is 2. The van der Waals surface area contributed by atoms with Gasteiger partial charge in [0.1, 0.15) is 5.75 Å². The van der Waals surface area contributed by atoms with Gasteiger partial charge in [-0.25, -0.2) is 0 Å². The lowest BCUT2D eigenvalue weighted by Gasteiger charge is -2.33. The first-order chi connectivity index (χ1) is 7.65. The Morgan fingerprint density at radius 3 is 2.62 bits per heavy atom. The van der Waals surface area contributed by atoms with Crippen LogP contribution in [-0.4, -0.2) is 25.3 Å². The lowest BCUT2D eigenvalue weighted by molar-refractivity contribution is 0.00592. The fourth-order valence-corrected chi connectivity index (χ4v) is 2.34. The minimum absolute atomic E-state index is 0.548. The second-order valence-corrected chi connectivity index (χ2v) is 4.54. The minimum Gasteiger partial charge on any atom is -0.495 e. The molecule has 2 rings (SSSR count). The highest BCUT2D eigenvalue weighted by Gasteiger charge is 2.31. The highest BCUT2D eigenvalue weighted by Crippen LogP contribution is 2.34. The van der Waals surface area contributed by atoms with Crippen LogP contribution >= 0.6 is 11.6 Å². The van der Waals surface area contributed by atoms with Gasteiger partial charge in [-0.2, -0.15) is 0 Å². The van der Waals surface area contributed by atoms with E-state index in [0.717, 1.165) is 31.5 Å². The normalized spacial score (nSPS) is 19.4. The van der Waals surface area contributed by atoms with E-state index in [0.29, 0.717) is 10.8 Å². The Morgan fingerprint density at radius 2 is 2.06 bits per heavy atom. The van der Waals surface area contributed by atoms with Gasteiger partial charge in [-0.3, -0.25) is 0 Å². The van der Waals surface area contributed by atoms with Gasteiger partial charge in [0.25, 0.3) is 0 Å². The Labute approximate surface area is 100 Å². The van der Waals surface area contributed by atoms with Crippen molar-refractivity contribution < 1.29 is 9.84 Å². The van der Waals surface area contributed by atoms with E-state index in [4.69, 9.17) is 16.3 Å². The van der Waals surface area contributed by atoms with Crippen LogP contribution in [0.4, 0.5) is 0 Å². The molecule has 0 amide bonds. The van der Waals surface area contributed by atoms with Crippen LogP contribution in [0.3, 0.4) is 0 Å². The average molecular weight is 242 g/mol. The first-order valence-corrected chi connectivity index (χ1v) is 5.81. The number of benzene rings is 1. The van der Waals surface area contributed by atoms with Crippen molar-refractivity contribution in [1.29, 1.82) is 0 Å². The molecule has 1 heterocycles. The van der Waals surface area contributed by atoms with Crippen LogP contribution < -0.4 is 10.1 Å². The number of methoxy groups -OCH3 is 1. The summed E-state index contributed by atoms with van der Waals surface area (Å²) in [5, 5.41) is 14.3. The SMILES string of the molecule is COc1ccc(C2(O)CCNCC2)cc1Cl. The molecule has 2 N–H and O–H groups in total. The van der Waals surface area contributed by atoms with Gasteiger partial charge < -0.3 is 15.2 Å². The quantitative estimate of drug-likeness (QED) is 0.831. The van der Waals surface area contributed by atoms with E-state index in [2.05, 4.69) is 5.32 Å². The van der Waals surface area contributed by atoms with Crippen molar-refractivity contribution in [1.82, 2.24) is 5.32 Å². The maximum absolute atomic E-state index is 10.5. The van der Waals surface area contributed by atoms with Gasteiger partial charge in [0, 0.05) is 0 Å². The van der Waals surface area contributed by atoms with E-state index in [1.807, 2.05) is 6.07 Å². The summed E-state index contributed by atoms with van der Waals surface area (Å²) in [6.07, 6.45) is 1.44. The van der Waals surface area contributed by atoms with Crippen LogP contribution in [0, 0.1) is 0 Å². The van der Waals surface area contributed by atoms with Crippen LogP contribution in [0.1, 0.15) is 18.4 Å². The molecule has 1 aromatic carbocycles. The molecule has 4 heteroatoms. The van der Waals surface area contributed by atoms with E-state index in [1.165, 1.54) is 0 Å². The Balaban J connectivity index is 2.29. The molecule has 0 atom stereocenters. The first kappa shape index (κ1) is 11.7. The van der Waals surface area contributed by atoms with Gasteiger partial charge >= 0.3 is 0 Å². The molecule has 0 radical (unpaired) electrons. The van der Waals surface area contributed by atoms with Crippen molar-refractivity contribution in [2.45, 2.75) is 18.4 Å². The zero-order chi connectivity index (χ0) is 11.6. The van der Waals surface area contributed by atoms with Crippen LogP contribution in [-0.2, 0) is 5.60 Å². The Kier molecular flexibility index (Phi) is 3.38. The van der Waals surface area contributed by atoms with Gasteiger partial charge in [-0.15, -0.1) is 0 Å². The molecular formula is C12H16ClNO2. The number of halogens is 1. The summed E-state index contributed by atoms with van der Waals surface area (Å²) in [5.41, 5.74) is 0.126. The monoisotopic (exact) mass is 241 g/mol. The fraction of sp³-hybridized carbons (Fsp3) is 0.500. The summed E-state index contributed by atoms with van der Waals surface area (Å²) in [5.74, 6) is 0.642. The highest BCUT2D eigenvalue weighted by molar-refractivity contribution is 6.32. The molecule has 1 aromatic rings. The smallest absolute Gasteiger partial charge is 0.137 e. The number of hydrogen-bond acceptors (Lipinski definition) is 3. The summed E-state index contributed by atoms with van der Waals surface area (Å²) in [7, 11) is 1.58. The molecule has 0 aliphatic carbocycles. The predicted molar refractivity (Wildman–Crippen MR) is 64.0 cm³/mol. The molecule has 1 aliphatic heterocycles. The molecule has 1 fully saturated rings. The molecule has 16 heavy (non-hydrogen) atoms. The first-order valence-electron chi connectivity index (χ1n) is 5.43. The van der Waals surface area contributed by atoms with Crippen LogP contribution in [0.15, 0.2) is 18.2 Å². The van der Waals surface area contributed by atoms with E-state index in [-0.39, 0.29) is 0 Å². The van der Waals surface area contributed by atoms with Gasteiger partial charge in [0.05, 0.1) is 17.7 Å². The number of nitrogens with one attached hydrogen (secondary N) is 1. The topological polar surface area (TPSA) is 41.5 Å². The number of hydrogen-bond donors (Lipinski definition) is 2. The number of ether oxygens (including phenoxy) is 1. The largest absolute Gasteiger partial charge is 0.495 e. The highest BCUT2D eigenvalue weighted by atomic mass is 35.5. The van der Waals surface area contributed by atoms with Gasteiger partial charge in [0.2, 0.25) is 0 Å². The lowest BCUT2D eigenvalue weighted by Crippen LogP contribution is -2.39. The third-order valence-corrected chi connectivity index (χ3v) is 3.42. The van der Waals surface area contributed by atoms with Gasteiger partial charge in [-0.05, 0) is 43.6 Å². The predicted octanol–water partition coefficient (Wildman–Crippen LogP) is 1.92.